The summed E-state index contributed by atoms with van der Waals surface area (Å²) in [5, 5.41) is 6.82. The van der Waals surface area contributed by atoms with E-state index < -0.39 is 5.97 Å². The molecule has 0 saturated carbocycles. The van der Waals surface area contributed by atoms with Gasteiger partial charge >= 0.3 is 5.97 Å². The first-order chi connectivity index (χ1) is 17.0. The molecule has 5 rings (SSSR count). The molecule has 0 N–H and O–H groups in total. The molecule has 1 amide bonds. The van der Waals surface area contributed by atoms with E-state index >= 15 is 0 Å². The standard InChI is InChI=1S/C29H29N3O3/c1-3-35-29(34)26-18-27(24-11-10-21-8-4-5-9-23(21)17-24)32(30-26)25-14-12-22(13-15-25)28(33)31-16-6-7-20(2)19-31/h4-5,8-15,17-18,20H,3,6-7,16,19H2,1-2H3/t20-/m0/s1. The molecule has 1 atom stereocenters. The second-order valence-electron chi connectivity index (χ2n) is 9.15. The molecule has 3 aromatic carbocycles. The Kier molecular flexibility index (Phi) is 6.36. The van der Waals surface area contributed by atoms with E-state index in [1.807, 2.05) is 47.4 Å². The largest absolute Gasteiger partial charge is 0.461 e. The molecule has 1 fully saturated rings. The highest BCUT2D eigenvalue weighted by Gasteiger charge is 2.23. The molecule has 6 heteroatoms. The van der Waals surface area contributed by atoms with Gasteiger partial charge in [-0.05, 0) is 72.9 Å². The molecule has 2 heterocycles. The molecule has 178 valence electrons. The molecule has 1 saturated heterocycles. The second kappa shape index (κ2) is 9.74. The van der Waals surface area contributed by atoms with Crippen molar-refractivity contribution in [2.75, 3.05) is 19.7 Å². The van der Waals surface area contributed by atoms with Gasteiger partial charge in [0.2, 0.25) is 0 Å². The topological polar surface area (TPSA) is 64.4 Å². The molecule has 0 unspecified atom stereocenters. The molecule has 0 radical (unpaired) electrons. The summed E-state index contributed by atoms with van der Waals surface area (Å²) in [5.74, 6) is 0.131. The van der Waals surface area contributed by atoms with Crippen molar-refractivity contribution < 1.29 is 14.3 Å². The summed E-state index contributed by atoms with van der Waals surface area (Å²) in [6.07, 6.45) is 2.21. The van der Waals surface area contributed by atoms with Gasteiger partial charge in [-0.2, -0.15) is 5.10 Å². The van der Waals surface area contributed by atoms with Crippen LogP contribution in [-0.2, 0) is 4.74 Å². The molecular formula is C29H29N3O3. The number of hydrogen-bond acceptors (Lipinski definition) is 4. The summed E-state index contributed by atoms with van der Waals surface area (Å²) in [6, 6.07) is 23.5. The normalized spacial score (nSPS) is 15.8. The van der Waals surface area contributed by atoms with E-state index in [1.54, 1.807) is 17.7 Å². The van der Waals surface area contributed by atoms with Crippen molar-refractivity contribution in [3.8, 4) is 16.9 Å². The smallest absolute Gasteiger partial charge is 0.358 e. The molecular weight excluding hydrogens is 438 g/mol. The predicted molar refractivity (Wildman–Crippen MR) is 137 cm³/mol. The fourth-order valence-corrected chi connectivity index (χ4v) is 4.74. The van der Waals surface area contributed by atoms with E-state index in [9.17, 15) is 9.59 Å². The molecule has 6 nitrogen and oxygen atoms in total. The number of ether oxygens (including phenoxy) is 1. The van der Waals surface area contributed by atoms with Gasteiger partial charge in [0.05, 0.1) is 18.0 Å². The lowest BCUT2D eigenvalue weighted by atomic mass is 9.99. The van der Waals surface area contributed by atoms with Crippen LogP contribution < -0.4 is 0 Å². The quantitative estimate of drug-likeness (QED) is 0.351. The van der Waals surface area contributed by atoms with Crippen molar-refractivity contribution in [3.63, 3.8) is 0 Å². The van der Waals surface area contributed by atoms with Gasteiger partial charge in [0, 0.05) is 24.2 Å². The minimum atomic E-state index is -0.459. The number of carbonyl (C=O) groups is 2. The Balaban J connectivity index is 1.51. The van der Waals surface area contributed by atoms with Crippen LogP contribution in [0.5, 0.6) is 0 Å². The van der Waals surface area contributed by atoms with E-state index in [4.69, 9.17) is 4.74 Å². The number of rotatable bonds is 5. The number of aromatic nitrogens is 2. The van der Waals surface area contributed by atoms with E-state index in [1.165, 1.54) is 6.42 Å². The summed E-state index contributed by atoms with van der Waals surface area (Å²) in [4.78, 5) is 27.4. The van der Waals surface area contributed by atoms with E-state index in [0.29, 0.717) is 11.5 Å². The maximum absolute atomic E-state index is 13.0. The number of fused-ring (bicyclic) bond motifs is 1. The van der Waals surface area contributed by atoms with Gasteiger partial charge in [0.15, 0.2) is 5.69 Å². The zero-order valence-corrected chi connectivity index (χ0v) is 20.1. The molecule has 0 spiro atoms. The molecule has 0 bridgehead atoms. The molecule has 0 aliphatic carbocycles. The Morgan fingerprint density at radius 2 is 1.77 bits per heavy atom. The lowest BCUT2D eigenvalue weighted by Crippen LogP contribution is -2.39. The van der Waals surface area contributed by atoms with Crippen LogP contribution in [-0.4, -0.2) is 46.3 Å². The van der Waals surface area contributed by atoms with Gasteiger partial charge < -0.3 is 9.64 Å². The number of esters is 1. The Hall–Kier alpha value is -3.93. The first kappa shape index (κ1) is 22.8. The lowest BCUT2D eigenvalue weighted by molar-refractivity contribution is 0.0518. The van der Waals surface area contributed by atoms with Crippen LogP contribution in [0.2, 0.25) is 0 Å². The number of piperidine rings is 1. The van der Waals surface area contributed by atoms with Crippen LogP contribution in [0.1, 0.15) is 47.5 Å². The first-order valence-corrected chi connectivity index (χ1v) is 12.2. The molecule has 35 heavy (non-hydrogen) atoms. The number of likely N-dealkylation sites (tertiary alicyclic amines) is 1. The lowest BCUT2D eigenvalue weighted by Gasteiger charge is -2.31. The minimum Gasteiger partial charge on any atom is -0.461 e. The third kappa shape index (κ3) is 4.69. The van der Waals surface area contributed by atoms with Gasteiger partial charge in [-0.15, -0.1) is 0 Å². The van der Waals surface area contributed by atoms with Crippen molar-refractivity contribution in [1.82, 2.24) is 14.7 Å². The van der Waals surface area contributed by atoms with E-state index in [2.05, 4.69) is 36.3 Å². The summed E-state index contributed by atoms with van der Waals surface area (Å²) in [5.41, 5.74) is 3.40. The maximum Gasteiger partial charge on any atom is 0.358 e. The zero-order chi connectivity index (χ0) is 24.4. The van der Waals surface area contributed by atoms with Crippen LogP contribution in [0.4, 0.5) is 0 Å². The number of hydrogen-bond donors (Lipinski definition) is 0. The van der Waals surface area contributed by atoms with Gasteiger partial charge in [0.1, 0.15) is 0 Å². The van der Waals surface area contributed by atoms with Crippen molar-refractivity contribution in [1.29, 1.82) is 0 Å². The van der Waals surface area contributed by atoms with Crippen LogP contribution in [0.15, 0.2) is 72.8 Å². The second-order valence-corrected chi connectivity index (χ2v) is 9.15. The number of carbonyl (C=O) groups excluding carboxylic acids is 2. The highest BCUT2D eigenvalue weighted by molar-refractivity contribution is 5.95. The average molecular weight is 468 g/mol. The Bertz CT molecular complexity index is 1370. The fraction of sp³-hybridized carbons (Fsp3) is 0.276. The van der Waals surface area contributed by atoms with Gasteiger partial charge in [-0.1, -0.05) is 43.3 Å². The zero-order valence-electron chi connectivity index (χ0n) is 20.1. The SMILES string of the molecule is CCOC(=O)c1cc(-c2ccc3ccccc3c2)n(-c2ccc(C(=O)N3CCC[C@H](C)C3)cc2)n1. The predicted octanol–water partition coefficient (Wildman–Crippen LogP) is 5.74. The maximum atomic E-state index is 13.0. The van der Waals surface area contributed by atoms with Crippen molar-refractivity contribution >= 4 is 22.6 Å². The Morgan fingerprint density at radius 3 is 2.51 bits per heavy atom. The highest BCUT2D eigenvalue weighted by atomic mass is 16.5. The molecule has 4 aromatic rings. The van der Waals surface area contributed by atoms with Gasteiger partial charge in [0.25, 0.3) is 5.91 Å². The molecule has 1 aliphatic rings. The van der Waals surface area contributed by atoms with E-state index in [-0.39, 0.29) is 18.2 Å². The molecule has 1 aliphatic heterocycles. The van der Waals surface area contributed by atoms with Gasteiger partial charge in [-0.3, -0.25) is 4.79 Å². The van der Waals surface area contributed by atoms with Crippen LogP contribution >= 0.6 is 0 Å². The number of benzene rings is 3. The van der Waals surface area contributed by atoms with E-state index in [0.717, 1.165) is 47.2 Å². The Morgan fingerprint density at radius 1 is 1.00 bits per heavy atom. The van der Waals surface area contributed by atoms with Crippen molar-refractivity contribution in [2.45, 2.75) is 26.7 Å². The first-order valence-electron chi connectivity index (χ1n) is 12.2. The van der Waals surface area contributed by atoms with Crippen LogP contribution in [0.3, 0.4) is 0 Å². The summed E-state index contributed by atoms with van der Waals surface area (Å²) in [6.45, 7) is 5.85. The number of amides is 1. The van der Waals surface area contributed by atoms with Gasteiger partial charge in [-0.25, -0.2) is 9.48 Å². The third-order valence-corrected chi connectivity index (χ3v) is 6.54. The minimum absolute atomic E-state index is 0.0607. The highest BCUT2D eigenvalue weighted by Crippen LogP contribution is 2.28. The van der Waals surface area contributed by atoms with Crippen LogP contribution in [0, 0.1) is 5.92 Å². The third-order valence-electron chi connectivity index (χ3n) is 6.54. The fourth-order valence-electron chi connectivity index (χ4n) is 4.74. The van der Waals surface area contributed by atoms with Crippen molar-refractivity contribution in [3.05, 3.63) is 84.1 Å². The summed E-state index contributed by atoms with van der Waals surface area (Å²) >= 11 is 0. The Labute approximate surface area is 205 Å². The summed E-state index contributed by atoms with van der Waals surface area (Å²) in [7, 11) is 0. The number of nitrogens with zero attached hydrogens (tertiary/aromatic N) is 3. The average Bonchev–Trinajstić information content (AvgIpc) is 3.34. The van der Waals surface area contributed by atoms with Crippen molar-refractivity contribution in [2.24, 2.45) is 5.92 Å². The monoisotopic (exact) mass is 467 g/mol. The van der Waals surface area contributed by atoms with Crippen LogP contribution in [0.25, 0.3) is 27.7 Å². The molecule has 1 aromatic heterocycles. The summed E-state index contributed by atoms with van der Waals surface area (Å²) < 4.78 is 6.94.